The lowest BCUT2D eigenvalue weighted by Gasteiger charge is -2.11. The van der Waals surface area contributed by atoms with Gasteiger partial charge in [0.15, 0.2) is 0 Å². The Morgan fingerprint density at radius 1 is 1.26 bits per heavy atom. The predicted molar refractivity (Wildman–Crippen MR) is 92.7 cm³/mol. The Morgan fingerprint density at radius 2 is 2.00 bits per heavy atom. The fourth-order valence-corrected chi connectivity index (χ4v) is 2.55. The molecule has 1 amide bonds. The zero-order chi connectivity index (χ0) is 17.0. The van der Waals surface area contributed by atoms with Gasteiger partial charge >= 0.3 is 0 Å². The van der Waals surface area contributed by atoms with Gasteiger partial charge in [0, 0.05) is 29.7 Å². The molecule has 0 fully saturated rings. The van der Waals surface area contributed by atoms with Crippen molar-refractivity contribution < 1.29 is 9.72 Å². The van der Waals surface area contributed by atoms with Gasteiger partial charge in [-0.05, 0) is 42.3 Å². The van der Waals surface area contributed by atoms with Gasteiger partial charge in [0.25, 0.3) is 11.6 Å². The lowest BCUT2D eigenvalue weighted by atomic mass is 10.1. The highest BCUT2D eigenvalue weighted by Crippen LogP contribution is 2.27. The molecule has 0 spiro atoms. The van der Waals surface area contributed by atoms with E-state index in [9.17, 15) is 14.9 Å². The third kappa shape index (κ3) is 4.07. The average molecular weight is 378 g/mol. The maximum absolute atomic E-state index is 11.6. The van der Waals surface area contributed by atoms with Crippen LogP contribution in [0.4, 0.5) is 11.4 Å². The summed E-state index contributed by atoms with van der Waals surface area (Å²) in [5, 5.41) is 16.8. The number of nitro benzene ring substituents is 1. The molecule has 7 heteroatoms. The summed E-state index contributed by atoms with van der Waals surface area (Å²) in [6.07, 6.45) is 0. The summed E-state index contributed by atoms with van der Waals surface area (Å²) in [4.78, 5) is 22.3. The Hall–Kier alpha value is -2.41. The second kappa shape index (κ2) is 7.23. The third-order valence-electron chi connectivity index (χ3n) is 3.46. The van der Waals surface area contributed by atoms with Gasteiger partial charge in [0.2, 0.25) is 0 Å². The largest absolute Gasteiger partial charge is 0.375 e. The van der Waals surface area contributed by atoms with Crippen LogP contribution in [0.15, 0.2) is 40.9 Å². The molecule has 2 rings (SSSR count). The standard InChI is InChI=1S/C16H16BrN3O3/c1-10-3-5-13(17)7-12(10)9-19-14-6-4-11(16(21)18-2)8-15(14)20(22)23/h3-8,19H,9H2,1-2H3,(H,18,21). The van der Waals surface area contributed by atoms with Gasteiger partial charge in [-0.25, -0.2) is 0 Å². The minimum absolute atomic E-state index is 0.126. The second-order valence-electron chi connectivity index (χ2n) is 4.99. The molecule has 2 aromatic carbocycles. The molecular weight excluding hydrogens is 362 g/mol. The minimum Gasteiger partial charge on any atom is -0.375 e. The Labute approximate surface area is 142 Å². The van der Waals surface area contributed by atoms with Crippen molar-refractivity contribution in [2.24, 2.45) is 0 Å². The molecule has 0 radical (unpaired) electrons. The van der Waals surface area contributed by atoms with E-state index in [1.807, 2.05) is 25.1 Å². The molecule has 23 heavy (non-hydrogen) atoms. The van der Waals surface area contributed by atoms with Crippen molar-refractivity contribution in [3.8, 4) is 0 Å². The van der Waals surface area contributed by atoms with Crippen molar-refractivity contribution >= 4 is 33.2 Å². The van der Waals surface area contributed by atoms with Gasteiger partial charge in [-0.1, -0.05) is 22.0 Å². The second-order valence-corrected chi connectivity index (χ2v) is 5.91. The van der Waals surface area contributed by atoms with Crippen LogP contribution in [0, 0.1) is 17.0 Å². The molecule has 0 aromatic heterocycles. The van der Waals surface area contributed by atoms with Crippen LogP contribution >= 0.6 is 15.9 Å². The van der Waals surface area contributed by atoms with Crippen molar-refractivity contribution in [3.05, 3.63) is 67.7 Å². The molecule has 0 aliphatic heterocycles. The smallest absolute Gasteiger partial charge is 0.293 e. The van der Waals surface area contributed by atoms with E-state index >= 15 is 0 Å². The van der Waals surface area contributed by atoms with E-state index in [0.29, 0.717) is 12.2 Å². The average Bonchev–Trinajstić information content (AvgIpc) is 2.54. The number of anilines is 1. The van der Waals surface area contributed by atoms with Crippen LogP contribution < -0.4 is 10.6 Å². The van der Waals surface area contributed by atoms with Crippen LogP contribution in [-0.4, -0.2) is 17.9 Å². The molecule has 2 aromatic rings. The number of nitrogens with zero attached hydrogens (tertiary/aromatic N) is 1. The van der Waals surface area contributed by atoms with Crippen LogP contribution in [0.2, 0.25) is 0 Å². The molecule has 0 bridgehead atoms. The number of hydrogen-bond donors (Lipinski definition) is 2. The molecule has 0 saturated carbocycles. The number of aryl methyl sites for hydroxylation is 1. The van der Waals surface area contributed by atoms with E-state index in [-0.39, 0.29) is 17.2 Å². The summed E-state index contributed by atoms with van der Waals surface area (Å²) in [5.41, 5.74) is 2.62. The van der Waals surface area contributed by atoms with E-state index < -0.39 is 4.92 Å². The molecule has 0 aliphatic carbocycles. The van der Waals surface area contributed by atoms with Crippen molar-refractivity contribution in [1.82, 2.24) is 5.32 Å². The summed E-state index contributed by atoms with van der Waals surface area (Å²) in [5.74, 6) is -0.359. The van der Waals surface area contributed by atoms with E-state index in [2.05, 4.69) is 26.6 Å². The normalized spacial score (nSPS) is 10.2. The van der Waals surface area contributed by atoms with Gasteiger partial charge in [-0.15, -0.1) is 0 Å². The molecule has 2 N–H and O–H groups in total. The van der Waals surface area contributed by atoms with Crippen LogP contribution in [0.3, 0.4) is 0 Å². The number of nitrogens with one attached hydrogen (secondary N) is 2. The highest BCUT2D eigenvalue weighted by atomic mass is 79.9. The fourth-order valence-electron chi connectivity index (χ4n) is 2.14. The number of benzene rings is 2. The summed E-state index contributed by atoms with van der Waals surface area (Å²) >= 11 is 3.41. The summed E-state index contributed by atoms with van der Waals surface area (Å²) in [6.45, 7) is 2.43. The lowest BCUT2D eigenvalue weighted by molar-refractivity contribution is -0.384. The summed E-state index contributed by atoms with van der Waals surface area (Å²) in [6, 6.07) is 10.3. The van der Waals surface area contributed by atoms with E-state index in [4.69, 9.17) is 0 Å². The molecule has 0 atom stereocenters. The molecule has 6 nitrogen and oxygen atoms in total. The first-order valence-electron chi connectivity index (χ1n) is 6.92. The first-order chi connectivity index (χ1) is 10.9. The number of rotatable bonds is 5. The quantitative estimate of drug-likeness (QED) is 0.615. The first kappa shape index (κ1) is 17.0. The van der Waals surface area contributed by atoms with Gasteiger partial charge in [-0.3, -0.25) is 14.9 Å². The lowest BCUT2D eigenvalue weighted by Crippen LogP contribution is -2.18. The Bertz CT molecular complexity index is 762. The van der Waals surface area contributed by atoms with Crippen LogP contribution in [0.1, 0.15) is 21.5 Å². The number of hydrogen-bond acceptors (Lipinski definition) is 4. The monoisotopic (exact) mass is 377 g/mol. The molecular formula is C16H16BrN3O3. The highest BCUT2D eigenvalue weighted by molar-refractivity contribution is 9.10. The van der Waals surface area contributed by atoms with Crippen LogP contribution in [-0.2, 0) is 6.54 Å². The number of carbonyl (C=O) groups is 1. The van der Waals surface area contributed by atoms with Crippen molar-refractivity contribution in [2.45, 2.75) is 13.5 Å². The van der Waals surface area contributed by atoms with Crippen LogP contribution in [0.25, 0.3) is 0 Å². The molecule has 0 heterocycles. The highest BCUT2D eigenvalue weighted by Gasteiger charge is 2.17. The summed E-state index contributed by atoms with van der Waals surface area (Å²) < 4.78 is 0.948. The van der Waals surface area contributed by atoms with Gasteiger partial charge < -0.3 is 10.6 Å². The van der Waals surface area contributed by atoms with Gasteiger partial charge in [0.05, 0.1) is 4.92 Å². The maximum atomic E-state index is 11.6. The zero-order valence-electron chi connectivity index (χ0n) is 12.7. The predicted octanol–water partition coefficient (Wildman–Crippen LogP) is 3.64. The first-order valence-corrected chi connectivity index (χ1v) is 7.71. The zero-order valence-corrected chi connectivity index (χ0v) is 14.3. The van der Waals surface area contributed by atoms with Crippen molar-refractivity contribution in [1.29, 1.82) is 0 Å². The Kier molecular flexibility index (Phi) is 5.33. The Balaban J connectivity index is 2.27. The topological polar surface area (TPSA) is 84.3 Å². The van der Waals surface area contributed by atoms with Gasteiger partial charge in [-0.2, -0.15) is 0 Å². The van der Waals surface area contributed by atoms with E-state index in [1.54, 1.807) is 12.1 Å². The maximum Gasteiger partial charge on any atom is 0.293 e. The molecule has 120 valence electrons. The number of halogens is 1. The number of carbonyl (C=O) groups excluding carboxylic acids is 1. The van der Waals surface area contributed by atoms with E-state index in [0.717, 1.165) is 15.6 Å². The molecule has 0 aliphatic rings. The van der Waals surface area contributed by atoms with Gasteiger partial charge in [0.1, 0.15) is 5.69 Å². The minimum atomic E-state index is -0.497. The van der Waals surface area contributed by atoms with Crippen molar-refractivity contribution in [2.75, 3.05) is 12.4 Å². The van der Waals surface area contributed by atoms with Crippen LogP contribution in [0.5, 0.6) is 0 Å². The van der Waals surface area contributed by atoms with Crippen molar-refractivity contribution in [3.63, 3.8) is 0 Å². The third-order valence-corrected chi connectivity index (χ3v) is 3.96. The summed E-state index contributed by atoms with van der Waals surface area (Å²) in [7, 11) is 1.48. The Morgan fingerprint density at radius 3 is 2.65 bits per heavy atom. The fraction of sp³-hybridized carbons (Fsp3) is 0.188. The number of nitro groups is 1. The van der Waals surface area contributed by atoms with E-state index in [1.165, 1.54) is 13.1 Å². The number of amides is 1. The SMILES string of the molecule is CNC(=O)c1ccc(NCc2cc(Br)ccc2C)c([N+](=O)[O-])c1. The molecule has 0 saturated heterocycles. The molecule has 0 unspecified atom stereocenters.